The Hall–Kier alpha value is -1.70. The van der Waals surface area contributed by atoms with Crippen LogP contribution in [0.3, 0.4) is 0 Å². The average Bonchev–Trinajstić information content (AvgIpc) is 3.17. The number of piperidine rings is 1. The van der Waals surface area contributed by atoms with Gasteiger partial charge in [-0.3, -0.25) is 0 Å². The fourth-order valence-corrected chi connectivity index (χ4v) is 6.05. The van der Waals surface area contributed by atoms with Crippen molar-refractivity contribution in [2.24, 2.45) is 0 Å². The number of thiophene rings is 1. The number of carbonyl (C=O) groups excluding carboxylic acids is 1. The number of benzene rings is 1. The zero-order chi connectivity index (χ0) is 16.1. The van der Waals surface area contributed by atoms with Crippen molar-refractivity contribution in [3.8, 4) is 0 Å². The van der Waals surface area contributed by atoms with Gasteiger partial charge in [0.1, 0.15) is 4.21 Å². The Morgan fingerprint density at radius 1 is 1.17 bits per heavy atom. The molecule has 7 heteroatoms. The second kappa shape index (κ2) is 5.15. The fourth-order valence-electron chi connectivity index (χ4n) is 3.38. The number of rotatable bonds is 2. The van der Waals surface area contributed by atoms with E-state index in [1.165, 1.54) is 15.6 Å². The van der Waals surface area contributed by atoms with E-state index < -0.39 is 15.6 Å². The Bertz CT molecular complexity index is 860. The Morgan fingerprint density at radius 2 is 2.00 bits per heavy atom. The molecule has 23 heavy (non-hydrogen) atoms. The first-order valence-corrected chi connectivity index (χ1v) is 9.71. The number of hydrogen-bond acceptors (Lipinski definition) is 5. The molecule has 2 aliphatic heterocycles. The summed E-state index contributed by atoms with van der Waals surface area (Å²) in [6.07, 6.45) is 1.30. The van der Waals surface area contributed by atoms with Gasteiger partial charge in [0.25, 0.3) is 10.0 Å². The summed E-state index contributed by atoms with van der Waals surface area (Å²) in [5.41, 5.74) is 0.495. The van der Waals surface area contributed by atoms with Gasteiger partial charge in [0.05, 0.1) is 12.1 Å². The van der Waals surface area contributed by atoms with Crippen LogP contribution < -0.4 is 0 Å². The molecule has 2 aromatic rings. The maximum absolute atomic E-state index is 12.8. The lowest BCUT2D eigenvalue weighted by Crippen LogP contribution is -2.48. The Kier molecular flexibility index (Phi) is 3.33. The van der Waals surface area contributed by atoms with Gasteiger partial charge in [0.15, 0.2) is 5.60 Å². The van der Waals surface area contributed by atoms with Crippen LogP contribution in [0, 0.1) is 0 Å². The molecule has 5 nitrogen and oxygen atoms in total. The Labute approximate surface area is 138 Å². The fraction of sp³-hybridized carbons (Fsp3) is 0.312. The molecule has 0 saturated carbocycles. The standard InChI is InChI=1S/C16H15NO4S2/c18-15-12-5-1-2-6-13(12)16(21-15)8-4-9-17(11-16)23(19,20)14-7-3-10-22-14/h1-3,5-7,10H,4,8-9,11H2/t16-/m1/s1. The lowest BCUT2D eigenvalue weighted by molar-refractivity contribution is -0.0345. The van der Waals surface area contributed by atoms with E-state index in [4.69, 9.17) is 4.74 Å². The number of esters is 1. The first kappa shape index (κ1) is 14.9. The zero-order valence-electron chi connectivity index (χ0n) is 12.3. The summed E-state index contributed by atoms with van der Waals surface area (Å²) in [6.45, 7) is 0.623. The average molecular weight is 349 g/mol. The molecular weight excluding hydrogens is 334 g/mol. The first-order chi connectivity index (χ1) is 11.0. The van der Waals surface area contributed by atoms with Crippen LogP contribution in [0.1, 0.15) is 28.8 Å². The highest BCUT2D eigenvalue weighted by Gasteiger charge is 2.50. The van der Waals surface area contributed by atoms with E-state index in [1.807, 2.05) is 12.1 Å². The number of fused-ring (bicyclic) bond motifs is 2. The van der Waals surface area contributed by atoms with Crippen LogP contribution in [0.2, 0.25) is 0 Å². The highest BCUT2D eigenvalue weighted by molar-refractivity contribution is 7.91. The first-order valence-electron chi connectivity index (χ1n) is 7.39. The van der Waals surface area contributed by atoms with Gasteiger partial charge in [-0.05, 0) is 30.4 Å². The molecule has 0 amide bonds. The second-order valence-corrected chi connectivity index (χ2v) is 8.92. The predicted molar refractivity (Wildman–Crippen MR) is 85.8 cm³/mol. The molecule has 0 N–H and O–H groups in total. The molecule has 3 heterocycles. The summed E-state index contributed by atoms with van der Waals surface area (Å²) < 4.78 is 33.0. The highest BCUT2D eigenvalue weighted by atomic mass is 32.2. The van der Waals surface area contributed by atoms with Gasteiger partial charge < -0.3 is 4.74 Å². The van der Waals surface area contributed by atoms with E-state index in [0.29, 0.717) is 29.2 Å². The summed E-state index contributed by atoms with van der Waals surface area (Å²) in [5, 5.41) is 1.75. The molecule has 1 aromatic heterocycles. The molecule has 1 saturated heterocycles. The van der Waals surface area contributed by atoms with Gasteiger partial charge in [0.2, 0.25) is 0 Å². The van der Waals surface area contributed by atoms with Gasteiger partial charge in [-0.25, -0.2) is 13.2 Å². The van der Waals surface area contributed by atoms with Crippen LogP contribution in [-0.4, -0.2) is 31.8 Å². The molecule has 120 valence electrons. The van der Waals surface area contributed by atoms with Crippen LogP contribution in [0.5, 0.6) is 0 Å². The maximum Gasteiger partial charge on any atom is 0.339 e. The third kappa shape index (κ3) is 2.22. The number of carbonyl (C=O) groups is 1. The van der Waals surface area contributed by atoms with Crippen LogP contribution in [-0.2, 0) is 20.4 Å². The van der Waals surface area contributed by atoms with Gasteiger partial charge in [-0.2, -0.15) is 4.31 Å². The molecule has 0 bridgehead atoms. The van der Waals surface area contributed by atoms with Crippen molar-refractivity contribution in [1.82, 2.24) is 4.31 Å². The highest BCUT2D eigenvalue weighted by Crippen LogP contribution is 2.43. The molecular formula is C16H15NO4S2. The number of nitrogens with zero attached hydrogens (tertiary/aromatic N) is 1. The van der Waals surface area contributed by atoms with Crippen LogP contribution in [0.15, 0.2) is 46.0 Å². The summed E-state index contributed by atoms with van der Waals surface area (Å²) in [6, 6.07) is 10.6. The summed E-state index contributed by atoms with van der Waals surface area (Å²) >= 11 is 1.20. The molecule has 1 fully saturated rings. The van der Waals surface area contributed by atoms with Crippen molar-refractivity contribution in [2.45, 2.75) is 22.7 Å². The number of hydrogen-bond donors (Lipinski definition) is 0. The van der Waals surface area contributed by atoms with E-state index >= 15 is 0 Å². The number of sulfonamides is 1. The van der Waals surface area contributed by atoms with E-state index in [0.717, 1.165) is 5.56 Å². The van der Waals surface area contributed by atoms with E-state index in [9.17, 15) is 13.2 Å². The van der Waals surface area contributed by atoms with Crippen molar-refractivity contribution < 1.29 is 17.9 Å². The van der Waals surface area contributed by atoms with Gasteiger partial charge in [-0.15, -0.1) is 11.3 Å². The molecule has 0 aliphatic carbocycles. The smallest absolute Gasteiger partial charge is 0.339 e. The minimum Gasteiger partial charge on any atom is -0.449 e. The SMILES string of the molecule is O=C1O[C@@]2(CCCN(S(=O)(=O)c3cccs3)C2)c2ccccc21. The van der Waals surface area contributed by atoms with Gasteiger partial charge in [0, 0.05) is 12.1 Å². The van der Waals surface area contributed by atoms with E-state index in [1.54, 1.807) is 29.6 Å². The zero-order valence-corrected chi connectivity index (χ0v) is 13.9. The largest absolute Gasteiger partial charge is 0.449 e. The van der Waals surface area contributed by atoms with Gasteiger partial charge >= 0.3 is 5.97 Å². The van der Waals surface area contributed by atoms with Crippen molar-refractivity contribution in [1.29, 1.82) is 0 Å². The summed E-state index contributed by atoms with van der Waals surface area (Å²) in [4.78, 5) is 12.1. The van der Waals surface area contributed by atoms with Crippen LogP contribution in [0.4, 0.5) is 0 Å². The minimum atomic E-state index is -3.54. The molecule has 1 atom stereocenters. The van der Waals surface area contributed by atoms with Gasteiger partial charge in [-0.1, -0.05) is 24.3 Å². The van der Waals surface area contributed by atoms with Crippen molar-refractivity contribution in [3.63, 3.8) is 0 Å². The Morgan fingerprint density at radius 3 is 2.78 bits per heavy atom. The van der Waals surface area contributed by atoms with Crippen molar-refractivity contribution in [3.05, 3.63) is 52.9 Å². The van der Waals surface area contributed by atoms with Crippen LogP contribution in [0.25, 0.3) is 0 Å². The summed E-state index contributed by atoms with van der Waals surface area (Å²) in [7, 11) is -3.54. The maximum atomic E-state index is 12.8. The molecule has 1 spiro atoms. The third-order valence-corrected chi connectivity index (χ3v) is 7.65. The molecule has 0 radical (unpaired) electrons. The lowest BCUT2D eigenvalue weighted by Gasteiger charge is -2.38. The third-order valence-electron chi connectivity index (χ3n) is 4.44. The van der Waals surface area contributed by atoms with Crippen molar-refractivity contribution >= 4 is 27.3 Å². The Balaban J connectivity index is 1.73. The molecule has 2 aliphatic rings. The summed E-state index contributed by atoms with van der Waals surface area (Å²) in [5.74, 6) is -0.365. The molecule has 1 aromatic carbocycles. The minimum absolute atomic E-state index is 0.177. The topological polar surface area (TPSA) is 63.7 Å². The van der Waals surface area contributed by atoms with E-state index in [-0.39, 0.29) is 12.5 Å². The van der Waals surface area contributed by atoms with E-state index in [2.05, 4.69) is 0 Å². The lowest BCUT2D eigenvalue weighted by atomic mass is 9.86. The second-order valence-electron chi connectivity index (χ2n) is 5.80. The molecule has 0 unspecified atom stereocenters. The normalized spacial score (nSPS) is 24.6. The van der Waals surface area contributed by atoms with Crippen molar-refractivity contribution in [2.75, 3.05) is 13.1 Å². The quantitative estimate of drug-likeness (QED) is 0.782. The predicted octanol–water partition coefficient (Wildman–Crippen LogP) is 2.60. The monoisotopic (exact) mass is 349 g/mol. The van der Waals surface area contributed by atoms with Crippen LogP contribution >= 0.6 is 11.3 Å². The number of ether oxygens (including phenoxy) is 1. The molecule has 4 rings (SSSR count).